The fraction of sp³-hybridized carbons (Fsp3) is 0.375. The summed E-state index contributed by atoms with van der Waals surface area (Å²) < 4.78 is 1.82. The molecule has 0 atom stereocenters. The van der Waals surface area contributed by atoms with Gasteiger partial charge >= 0.3 is 0 Å². The first-order valence-corrected chi connectivity index (χ1v) is 7.05. The molecule has 5 nitrogen and oxygen atoms in total. The van der Waals surface area contributed by atoms with Crippen LogP contribution in [0.25, 0.3) is 5.69 Å². The lowest BCUT2D eigenvalue weighted by molar-refractivity contribution is 0.0950. The first-order chi connectivity index (χ1) is 10.0. The van der Waals surface area contributed by atoms with Crippen molar-refractivity contribution in [2.75, 3.05) is 27.2 Å². The Morgan fingerprint density at radius 3 is 2.52 bits per heavy atom. The largest absolute Gasteiger partial charge is 0.351 e. The highest BCUT2D eigenvalue weighted by molar-refractivity contribution is 5.96. The van der Waals surface area contributed by atoms with Crippen LogP contribution in [0.15, 0.2) is 30.3 Å². The molecule has 0 aliphatic rings. The molecule has 0 radical (unpaired) electrons. The van der Waals surface area contributed by atoms with E-state index in [2.05, 4.69) is 10.4 Å². The third kappa shape index (κ3) is 3.49. The van der Waals surface area contributed by atoms with Crippen molar-refractivity contribution in [3.05, 3.63) is 47.3 Å². The van der Waals surface area contributed by atoms with Crippen LogP contribution in [0.4, 0.5) is 0 Å². The molecule has 0 fully saturated rings. The topological polar surface area (TPSA) is 50.2 Å². The zero-order valence-electron chi connectivity index (χ0n) is 13.1. The van der Waals surface area contributed by atoms with Crippen molar-refractivity contribution in [2.45, 2.75) is 13.8 Å². The van der Waals surface area contributed by atoms with Gasteiger partial charge in [-0.1, -0.05) is 18.2 Å². The number of rotatable bonds is 5. The molecule has 21 heavy (non-hydrogen) atoms. The SMILES string of the molecule is Cc1nn(-c2ccccc2)c(C)c1C(=O)NCCN(C)C. The number of nitrogens with zero attached hydrogens (tertiary/aromatic N) is 3. The van der Waals surface area contributed by atoms with E-state index in [1.165, 1.54) is 0 Å². The monoisotopic (exact) mass is 286 g/mol. The van der Waals surface area contributed by atoms with Crippen LogP contribution in [0.2, 0.25) is 0 Å². The fourth-order valence-corrected chi connectivity index (χ4v) is 2.27. The number of hydrogen-bond donors (Lipinski definition) is 1. The lowest BCUT2D eigenvalue weighted by atomic mass is 10.2. The summed E-state index contributed by atoms with van der Waals surface area (Å²) in [5.41, 5.74) is 3.24. The normalized spacial score (nSPS) is 10.9. The standard InChI is InChI=1S/C16H22N4O/c1-12-15(16(21)17-10-11-19(3)4)13(2)20(18-12)14-8-6-5-7-9-14/h5-9H,10-11H2,1-4H3,(H,17,21). The highest BCUT2D eigenvalue weighted by Gasteiger charge is 2.18. The van der Waals surface area contributed by atoms with Crippen molar-refractivity contribution in [1.29, 1.82) is 0 Å². The molecule has 2 rings (SSSR count). The van der Waals surface area contributed by atoms with Gasteiger partial charge in [0.05, 0.1) is 22.6 Å². The Morgan fingerprint density at radius 1 is 1.24 bits per heavy atom. The van der Waals surface area contributed by atoms with Gasteiger partial charge in [-0.2, -0.15) is 5.10 Å². The summed E-state index contributed by atoms with van der Waals surface area (Å²) in [6.45, 7) is 5.24. The average molecular weight is 286 g/mol. The smallest absolute Gasteiger partial charge is 0.255 e. The van der Waals surface area contributed by atoms with E-state index in [1.807, 2.05) is 67.9 Å². The molecule has 1 heterocycles. The van der Waals surface area contributed by atoms with Crippen LogP contribution in [-0.2, 0) is 0 Å². The Kier molecular flexibility index (Phi) is 4.75. The van der Waals surface area contributed by atoms with Crippen LogP contribution in [0.1, 0.15) is 21.7 Å². The number of carbonyl (C=O) groups excluding carboxylic acids is 1. The highest BCUT2D eigenvalue weighted by Crippen LogP contribution is 2.17. The first-order valence-electron chi connectivity index (χ1n) is 7.05. The minimum Gasteiger partial charge on any atom is -0.351 e. The van der Waals surface area contributed by atoms with Gasteiger partial charge in [0.25, 0.3) is 5.91 Å². The Bertz CT molecular complexity index is 617. The molecule has 5 heteroatoms. The quantitative estimate of drug-likeness (QED) is 0.911. The number of para-hydroxylation sites is 1. The maximum absolute atomic E-state index is 12.3. The second-order valence-electron chi connectivity index (χ2n) is 5.35. The molecular weight excluding hydrogens is 264 g/mol. The third-order valence-corrected chi connectivity index (χ3v) is 3.36. The number of benzene rings is 1. The van der Waals surface area contributed by atoms with Crippen LogP contribution in [0.3, 0.4) is 0 Å². The van der Waals surface area contributed by atoms with Gasteiger partial charge in [0, 0.05) is 13.1 Å². The summed E-state index contributed by atoms with van der Waals surface area (Å²) in [7, 11) is 3.96. The predicted molar refractivity (Wildman–Crippen MR) is 83.9 cm³/mol. The first kappa shape index (κ1) is 15.3. The summed E-state index contributed by atoms with van der Waals surface area (Å²) in [6, 6.07) is 9.84. The summed E-state index contributed by atoms with van der Waals surface area (Å²) in [5, 5.41) is 7.43. The lowest BCUT2D eigenvalue weighted by Gasteiger charge is -2.10. The number of hydrogen-bond acceptors (Lipinski definition) is 3. The second kappa shape index (κ2) is 6.54. The molecule has 0 aliphatic heterocycles. The Labute approximate surface area is 125 Å². The van der Waals surface area contributed by atoms with Crippen LogP contribution in [-0.4, -0.2) is 47.8 Å². The molecule has 1 aromatic heterocycles. The van der Waals surface area contributed by atoms with Crippen molar-refractivity contribution in [3.8, 4) is 5.69 Å². The number of likely N-dealkylation sites (N-methyl/N-ethyl adjacent to an activating group) is 1. The van der Waals surface area contributed by atoms with Crippen molar-refractivity contribution >= 4 is 5.91 Å². The molecule has 0 aliphatic carbocycles. The summed E-state index contributed by atoms with van der Waals surface area (Å²) >= 11 is 0. The number of aryl methyl sites for hydroxylation is 1. The van der Waals surface area contributed by atoms with E-state index in [0.29, 0.717) is 12.1 Å². The van der Waals surface area contributed by atoms with E-state index >= 15 is 0 Å². The molecule has 0 unspecified atom stereocenters. The molecule has 112 valence electrons. The van der Waals surface area contributed by atoms with E-state index in [9.17, 15) is 4.79 Å². The molecule has 1 N–H and O–H groups in total. The Hall–Kier alpha value is -2.14. The average Bonchev–Trinajstić information content (AvgIpc) is 2.74. The number of carbonyl (C=O) groups is 1. The van der Waals surface area contributed by atoms with E-state index in [1.54, 1.807) is 0 Å². The van der Waals surface area contributed by atoms with Crippen LogP contribution in [0, 0.1) is 13.8 Å². The van der Waals surface area contributed by atoms with Crippen molar-refractivity contribution in [3.63, 3.8) is 0 Å². The summed E-state index contributed by atoms with van der Waals surface area (Å²) in [5.74, 6) is -0.0611. The maximum atomic E-state index is 12.3. The van der Waals surface area contributed by atoms with E-state index < -0.39 is 0 Å². The molecule has 0 bridgehead atoms. The second-order valence-corrected chi connectivity index (χ2v) is 5.35. The minimum atomic E-state index is -0.0611. The van der Waals surface area contributed by atoms with Gasteiger partial charge in [-0.3, -0.25) is 4.79 Å². The lowest BCUT2D eigenvalue weighted by Crippen LogP contribution is -2.31. The van der Waals surface area contributed by atoms with E-state index in [4.69, 9.17) is 0 Å². The van der Waals surface area contributed by atoms with Crippen molar-refractivity contribution in [2.24, 2.45) is 0 Å². The summed E-state index contributed by atoms with van der Waals surface area (Å²) in [6.07, 6.45) is 0. The summed E-state index contributed by atoms with van der Waals surface area (Å²) in [4.78, 5) is 14.4. The van der Waals surface area contributed by atoms with Crippen LogP contribution in [0.5, 0.6) is 0 Å². The zero-order valence-corrected chi connectivity index (χ0v) is 13.1. The molecule has 0 saturated heterocycles. The molecule has 2 aromatic rings. The van der Waals surface area contributed by atoms with Gasteiger partial charge in [0.15, 0.2) is 0 Å². The Morgan fingerprint density at radius 2 is 1.90 bits per heavy atom. The molecule has 1 amide bonds. The Balaban J connectivity index is 2.22. The van der Waals surface area contributed by atoms with Gasteiger partial charge < -0.3 is 10.2 Å². The van der Waals surface area contributed by atoms with E-state index in [0.717, 1.165) is 23.6 Å². The molecular formula is C16H22N4O. The van der Waals surface area contributed by atoms with Gasteiger partial charge in [-0.25, -0.2) is 4.68 Å². The number of aromatic nitrogens is 2. The van der Waals surface area contributed by atoms with Crippen molar-refractivity contribution < 1.29 is 4.79 Å². The van der Waals surface area contributed by atoms with Gasteiger partial charge in [-0.15, -0.1) is 0 Å². The zero-order chi connectivity index (χ0) is 15.4. The highest BCUT2D eigenvalue weighted by atomic mass is 16.1. The van der Waals surface area contributed by atoms with E-state index in [-0.39, 0.29) is 5.91 Å². The molecule has 0 saturated carbocycles. The fourth-order valence-electron chi connectivity index (χ4n) is 2.27. The molecule has 0 spiro atoms. The van der Waals surface area contributed by atoms with Crippen molar-refractivity contribution in [1.82, 2.24) is 20.0 Å². The minimum absolute atomic E-state index is 0.0611. The van der Waals surface area contributed by atoms with Crippen LogP contribution < -0.4 is 5.32 Å². The van der Waals surface area contributed by atoms with Gasteiger partial charge in [-0.05, 0) is 40.1 Å². The van der Waals surface area contributed by atoms with Gasteiger partial charge in [0.2, 0.25) is 0 Å². The number of nitrogens with one attached hydrogen (secondary N) is 1. The molecule has 1 aromatic carbocycles. The van der Waals surface area contributed by atoms with Gasteiger partial charge in [0.1, 0.15) is 0 Å². The third-order valence-electron chi connectivity index (χ3n) is 3.36. The number of amides is 1. The predicted octanol–water partition coefficient (Wildman–Crippen LogP) is 1.78. The maximum Gasteiger partial charge on any atom is 0.255 e. The van der Waals surface area contributed by atoms with Crippen LogP contribution >= 0.6 is 0 Å².